The summed E-state index contributed by atoms with van der Waals surface area (Å²) in [5.74, 6) is -0.781. The standard InChI is InChI=1S/C12H18FN3O/c13-11-7-10(8-15-9-11)12(17)16-6-4-2-1-3-5-14/h7-9H,1-6,14H2,(H,16,17). The number of nitrogens with zero attached hydrogens (tertiary/aromatic N) is 1. The Morgan fingerprint density at radius 2 is 2.06 bits per heavy atom. The summed E-state index contributed by atoms with van der Waals surface area (Å²) in [5, 5.41) is 2.73. The maximum absolute atomic E-state index is 12.8. The molecule has 1 heterocycles. The molecule has 0 aromatic carbocycles. The lowest BCUT2D eigenvalue weighted by atomic mass is 10.2. The summed E-state index contributed by atoms with van der Waals surface area (Å²) >= 11 is 0. The van der Waals surface area contributed by atoms with Crippen LogP contribution >= 0.6 is 0 Å². The number of nitrogens with one attached hydrogen (secondary N) is 1. The molecule has 0 unspecified atom stereocenters. The number of hydrogen-bond acceptors (Lipinski definition) is 3. The Balaban J connectivity index is 2.21. The second kappa shape index (κ2) is 7.73. The summed E-state index contributed by atoms with van der Waals surface area (Å²) in [4.78, 5) is 15.2. The Kier molecular flexibility index (Phi) is 6.17. The van der Waals surface area contributed by atoms with Crippen LogP contribution < -0.4 is 11.1 Å². The summed E-state index contributed by atoms with van der Waals surface area (Å²) in [5.41, 5.74) is 5.63. The second-order valence-corrected chi connectivity index (χ2v) is 3.85. The van der Waals surface area contributed by atoms with E-state index >= 15 is 0 Å². The lowest BCUT2D eigenvalue weighted by molar-refractivity contribution is 0.0952. The van der Waals surface area contributed by atoms with Crippen LogP contribution in [0, 0.1) is 5.82 Å². The highest BCUT2D eigenvalue weighted by Crippen LogP contribution is 2.01. The molecule has 0 atom stereocenters. The molecule has 1 amide bonds. The highest BCUT2D eigenvalue weighted by atomic mass is 19.1. The monoisotopic (exact) mass is 239 g/mol. The molecule has 5 heteroatoms. The van der Waals surface area contributed by atoms with Gasteiger partial charge in [-0.3, -0.25) is 9.78 Å². The molecule has 0 saturated carbocycles. The van der Waals surface area contributed by atoms with Gasteiger partial charge in [0, 0.05) is 12.7 Å². The van der Waals surface area contributed by atoms with Gasteiger partial charge in [0.05, 0.1) is 11.8 Å². The number of pyridine rings is 1. The van der Waals surface area contributed by atoms with Crippen molar-refractivity contribution in [1.82, 2.24) is 10.3 Å². The van der Waals surface area contributed by atoms with Crippen LogP contribution in [0.15, 0.2) is 18.5 Å². The smallest absolute Gasteiger partial charge is 0.252 e. The van der Waals surface area contributed by atoms with Crippen LogP contribution in [-0.4, -0.2) is 24.0 Å². The fraction of sp³-hybridized carbons (Fsp3) is 0.500. The minimum atomic E-state index is -0.499. The first-order chi connectivity index (χ1) is 8.24. The maximum Gasteiger partial charge on any atom is 0.252 e. The van der Waals surface area contributed by atoms with E-state index in [0.29, 0.717) is 13.1 Å². The van der Waals surface area contributed by atoms with Gasteiger partial charge in [0.15, 0.2) is 0 Å². The third-order valence-electron chi connectivity index (χ3n) is 2.38. The number of hydrogen-bond donors (Lipinski definition) is 2. The van der Waals surface area contributed by atoms with Crippen LogP contribution in [0.3, 0.4) is 0 Å². The number of aromatic nitrogens is 1. The lowest BCUT2D eigenvalue weighted by Gasteiger charge is -2.04. The van der Waals surface area contributed by atoms with Crippen LogP contribution in [0.2, 0.25) is 0 Å². The molecule has 0 radical (unpaired) electrons. The highest BCUT2D eigenvalue weighted by molar-refractivity contribution is 5.93. The van der Waals surface area contributed by atoms with Gasteiger partial charge in [0.25, 0.3) is 5.91 Å². The topological polar surface area (TPSA) is 68.0 Å². The van der Waals surface area contributed by atoms with Crippen LogP contribution in [0.25, 0.3) is 0 Å². The van der Waals surface area contributed by atoms with Crippen LogP contribution in [-0.2, 0) is 0 Å². The summed E-state index contributed by atoms with van der Waals surface area (Å²) in [7, 11) is 0. The minimum Gasteiger partial charge on any atom is -0.352 e. The molecule has 0 saturated heterocycles. The molecule has 94 valence electrons. The van der Waals surface area contributed by atoms with E-state index in [2.05, 4.69) is 10.3 Å². The zero-order chi connectivity index (χ0) is 12.5. The Bertz CT molecular complexity index is 357. The van der Waals surface area contributed by atoms with E-state index in [4.69, 9.17) is 5.73 Å². The number of rotatable bonds is 7. The first kappa shape index (κ1) is 13.6. The van der Waals surface area contributed by atoms with E-state index in [1.165, 1.54) is 12.3 Å². The van der Waals surface area contributed by atoms with E-state index in [9.17, 15) is 9.18 Å². The zero-order valence-electron chi connectivity index (χ0n) is 9.79. The summed E-state index contributed by atoms with van der Waals surface area (Å²) < 4.78 is 12.8. The molecule has 1 rings (SSSR count). The van der Waals surface area contributed by atoms with E-state index in [1.54, 1.807) is 0 Å². The molecule has 0 aliphatic carbocycles. The van der Waals surface area contributed by atoms with Crippen LogP contribution in [0.1, 0.15) is 36.0 Å². The average Bonchev–Trinajstić information content (AvgIpc) is 2.33. The van der Waals surface area contributed by atoms with Gasteiger partial charge in [-0.15, -0.1) is 0 Å². The minimum absolute atomic E-state index is 0.256. The molecule has 3 N–H and O–H groups in total. The molecular formula is C12H18FN3O. The van der Waals surface area contributed by atoms with Crippen molar-refractivity contribution in [2.45, 2.75) is 25.7 Å². The number of amides is 1. The van der Waals surface area contributed by atoms with E-state index in [-0.39, 0.29) is 11.5 Å². The highest BCUT2D eigenvalue weighted by Gasteiger charge is 2.05. The maximum atomic E-state index is 12.8. The zero-order valence-corrected chi connectivity index (χ0v) is 9.79. The molecule has 0 fully saturated rings. The van der Waals surface area contributed by atoms with Gasteiger partial charge in [0.2, 0.25) is 0 Å². The number of nitrogens with two attached hydrogens (primary N) is 1. The van der Waals surface area contributed by atoms with Crippen LogP contribution in [0.4, 0.5) is 4.39 Å². The van der Waals surface area contributed by atoms with E-state index in [0.717, 1.165) is 31.9 Å². The molecule has 1 aromatic rings. The molecule has 0 aliphatic rings. The van der Waals surface area contributed by atoms with Crippen molar-refractivity contribution in [2.24, 2.45) is 5.73 Å². The van der Waals surface area contributed by atoms with Gasteiger partial charge in [0.1, 0.15) is 5.82 Å². The predicted octanol–water partition coefficient (Wildman–Crippen LogP) is 1.47. The Morgan fingerprint density at radius 1 is 1.29 bits per heavy atom. The van der Waals surface area contributed by atoms with Crippen molar-refractivity contribution in [3.05, 3.63) is 29.8 Å². The van der Waals surface area contributed by atoms with Crippen molar-refractivity contribution in [1.29, 1.82) is 0 Å². The van der Waals surface area contributed by atoms with Crippen molar-refractivity contribution in [2.75, 3.05) is 13.1 Å². The third-order valence-corrected chi connectivity index (χ3v) is 2.38. The van der Waals surface area contributed by atoms with Gasteiger partial charge in [-0.05, 0) is 25.5 Å². The normalized spacial score (nSPS) is 10.2. The van der Waals surface area contributed by atoms with Crippen molar-refractivity contribution in [3.8, 4) is 0 Å². The largest absolute Gasteiger partial charge is 0.352 e. The summed E-state index contributed by atoms with van der Waals surface area (Å²) in [6.07, 6.45) is 6.47. The van der Waals surface area contributed by atoms with Crippen LogP contribution in [0.5, 0.6) is 0 Å². The van der Waals surface area contributed by atoms with Gasteiger partial charge in [-0.2, -0.15) is 0 Å². The second-order valence-electron chi connectivity index (χ2n) is 3.85. The molecule has 4 nitrogen and oxygen atoms in total. The average molecular weight is 239 g/mol. The Labute approximate surface area is 100 Å². The summed E-state index contributed by atoms with van der Waals surface area (Å²) in [6, 6.07) is 1.18. The van der Waals surface area contributed by atoms with E-state index in [1.807, 2.05) is 0 Å². The van der Waals surface area contributed by atoms with Gasteiger partial charge >= 0.3 is 0 Å². The fourth-order valence-corrected chi connectivity index (χ4v) is 1.46. The summed E-state index contributed by atoms with van der Waals surface area (Å²) in [6.45, 7) is 1.31. The predicted molar refractivity (Wildman–Crippen MR) is 64.1 cm³/mol. The molecule has 0 spiro atoms. The van der Waals surface area contributed by atoms with Gasteiger partial charge in [-0.1, -0.05) is 12.8 Å². The third kappa shape index (κ3) is 5.40. The van der Waals surface area contributed by atoms with Crippen molar-refractivity contribution in [3.63, 3.8) is 0 Å². The molecular weight excluding hydrogens is 221 g/mol. The molecule has 1 aromatic heterocycles. The number of halogens is 1. The Morgan fingerprint density at radius 3 is 2.76 bits per heavy atom. The van der Waals surface area contributed by atoms with Crippen molar-refractivity contribution < 1.29 is 9.18 Å². The quantitative estimate of drug-likeness (QED) is 0.708. The molecule has 0 aliphatic heterocycles. The van der Waals surface area contributed by atoms with E-state index < -0.39 is 5.82 Å². The van der Waals surface area contributed by atoms with Gasteiger partial charge in [-0.25, -0.2) is 4.39 Å². The molecule has 17 heavy (non-hydrogen) atoms. The lowest BCUT2D eigenvalue weighted by Crippen LogP contribution is -2.24. The van der Waals surface area contributed by atoms with Gasteiger partial charge < -0.3 is 11.1 Å². The SMILES string of the molecule is NCCCCCCNC(=O)c1cncc(F)c1. The number of carbonyl (C=O) groups excluding carboxylic acids is 1. The number of carbonyl (C=O) groups is 1. The number of unbranched alkanes of at least 4 members (excludes halogenated alkanes) is 3. The first-order valence-electron chi connectivity index (χ1n) is 5.83. The Hall–Kier alpha value is -1.49. The fourth-order valence-electron chi connectivity index (χ4n) is 1.46. The molecule has 0 bridgehead atoms. The van der Waals surface area contributed by atoms with Crippen molar-refractivity contribution >= 4 is 5.91 Å². The first-order valence-corrected chi connectivity index (χ1v) is 5.83.